The molecule has 1 aliphatic carbocycles. The molecule has 3 N–H and O–H groups in total. The smallest absolute Gasteiger partial charge is 0.156 e. The van der Waals surface area contributed by atoms with Crippen molar-refractivity contribution in [2.75, 3.05) is 11.9 Å². The quantitative estimate of drug-likeness (QED) is 0.349. The fraction of sp³-hybridized carbons (Fsp3) is 0.250. The molecule has 3 heterocycles. The highest BCUT2D eigenvalue weighted by Crippen LogP contribution is 2.36. The van der Waals surface area contributed by atoms with E-state index in [9.17, 15) is 0 Å². The molecular formula is C28H28N6. The molecule has 34 heavy (non-hydrogen) atoms. The summed E-state index contributed by atoms with van der Waals surface area (Å²) in [7, 11) is 0. The van der Waals surface area contributed by atoms with Gasteiger partial charge in [0.25, 0.3) is 0 Å². The van der Waals surface area contributed by atoms with Crippen molar-refractivity contribution in [1.82, 2.24) is 19.4 Å². The third-order valence-corrected chi connectivity index (χ3v) is 7.06. The molecule has 0 amide bonds. The van der Waals surface area contributed by atoms with E-state index in [1.54, 1.807) is 0 Å². The third-order valence-electron chi connectivity index (χ3n) is 7.06. The third kappa shape index (κ3) is 3.90. The van der Waals surface area contributed by atoms with Crippen LogP contribution < -0.4 is 11.1 Å². The Morgan fingerprint density at radius 3 is 2.59 bits per heavy atom. The highest BCUT2D eigenvalue weighted by molar-refractivity contribution is 5.86. The number of benzene rings is 2. The van der Waals surface area contributed by atoms with Crippen LogP contribution in [-0.2, 0) is 0 Å². The number of rotatable bonds is 5. The topological polar surface area (TPSA) is 81.1 Å². The number of imidazole rings is 1. The Balaban J connectivity index is 1.30. The highest BCUT2D eigenvalue weighted by atomic mass is 15.1. The van der Waals surface area contributed by atoms with Crippen LogP contribution in [0.4, 0.5) is 11.5 Å². The molecular weight excluding hydrogens is 420 g/mol. The van der Waals surface area contributed by atoms with Gasteiger partial charge in [-0.1, -0.05) is 42.5 Å². The number of aromatic nitrogens is 4. The van der Waals surface area contributed by atoms with Gasteiger partial charge in [-0.25, -0.2) is 15.0 Å². The van der Waals surface area contributed by atoms with Gasteiger partial charge in [-0.2, -0.15) is 0 Å². The maximum absolute atomic E-state index is 5.88. The van der Waals surface area contributed by atoms with Crippen molar-refractivity contribution in [2.45, 2.75) is 31.6 Å². The van der Waals surface area contributed by atoms with Crippen LogP contribution >= 0.6 is 0 Å². The first kappa shape index (κ1) is 20.8. The molecule has 1 aliphatic rings. The zero-order chi connectivity index (χ0) is 22.9. The molecule has 1 fully saturated rings. The summed E-state index contributed by atoms with van der Waals surface area (Å²) in [5.74, 6) is 3.06. The lowest BCUT2D eigenvalue weighted by atomic mass is 9.81. The zero-order valence-electron chi connectivity index (χ0n) is 19.1. The van der Waals surface area contributed by atoms with Crippen LogP contribution in [0.3, 0.4) is 0 Å². The number of hydrogen-bond acceptors (Lipinski definition) is 5. The van der Waals surface area contributed by atoms with Crippen molar-refractivity contribution in [3.05, 3.63) is 85.1 Å². The summed E-state index contributed by atoms with van der Waals surface area (Å²) in [6.45, 7) is 0.792. The van der Waals surface area contributed by atoms with Crippen LogP contribution in [0.2, 0.25) is 0 Å². The lowest BCUT2D eigenvalue weighted by Gasteiger charge is -2.26. The highest BCUT2D eigenvalue weighted by Gasteiger charge is 2.25. The van der Waals surface area contributed by atoms with E-state index in [4.69, 9.17) is 15.7 Å². The van der Waals surface area contributed by atoms with Crippen molar-refractivity contribution in [3.8, 4) is 11.3 Å². The van der Waals surface area contributed by atoms with Gasteiger partial charge in [-0.3, -0.25) is 4.40 Å². The minimum atomic E-state index is 0.474. The van der Waals surface area contributed by atoms with Crippen molar-refractivity contribution < 1.29 is 0 Å². The molecule has 3 aromatic heterocycles. The second-order valence-corrected chi connectivity index (χ2v) is 9.20. The lowest BCUT2D eigenvalue weighted by Crippen LogP contribution is -2.21. The van der Waals surface area contributed by atoms with Gasteiger partial charge in [0, 0.05) is 34.9 Å². The van der Waals surface area contributed by atoms with Gasteiger partial charge in [0.15, 0.2) is 5.82 Å². The zero-order valence-corrected chi connectivity index (χ0v) is 19.1. The van der Waals surface area contributed by atoms with Crippen molar-refractivity contribution in [3.63, 3.8) is 0 Å². The van der Waals surface area contributed by atoms with Crippen LogP contribution in [0.5, 0.6) is 0 Å². The molecule has 0 unspecified atom stereocenters. The summed E-state index contributed by atoms with van der Waals surface area (Å²) in [6, 6.07) is 20.7. The van der Waals surface area contributed by atoms with Crippen LogP contribution in [0, 0.1) is 5.92 Å². The average Bonchev–Trinajstić information content (AvgIpc) is 3.34. The van der Waals surface area contributed by atoms with Gasteiger partial charge in [-0.15, -0.1) is 0 Å². The first-order chi connectivity index (χ1) is 16.8. The van der Waals surface area contributed by atoms with Gasteiger partial charge in [0.1, 0.15) is 11.3 Å². The van der Waals surface area contributed by atoms with Gasteiger partial charge in [0.2, 0.25) is 0 Å². The lowest BCUT2D eigenvalue weighted by molar-refractivity contribution is 0.325. The minimum absolute atomic E-state index is 0.474. The van der Waals surface area contributed by atoms with E-state index in [0.717, 1.165) is 64.4 Å². The Morgan fingerprint density at radius 2 is 1.76 bits per heavy atom. The van der Waals surface area contributed by atoms with Crippen LogP contribution in [-0.4, -0.2) is 25.9 Å². The largest absolute Gasteiger partial charge is 0.338 e. The van der Waals surface area contributed by atoms with Crippen LogP contribution in [0.15, 0.2) is 79.3 Å². The van der Waals surface area contributed by atoms with Gasteiger partial charge >= 0.3 is 0 Å². The number of anilines is 2. The van der Waals surface area contributed by atoms with E-state index >= 15 is 0 Å². The molecule has 0 atom stereocenters. The van der Waals surface area contributed by atoms with Crippen LogP contribution in [0.25, 0.3) is 27.7 Å². The van der Waals surface area contributed by atoms with E-state index in [1.165, 1.54) is 12.8 Å². The monoisotopic (exact) mass is 448 g/mol. The van der Waals surface area contributed by atoms with E-state index in [2.05, 4.69) is 57.2 Å². The van der Waals surface area contributed by atoms with Crippen LogP contribution in [0.1, 0.15) is 37.4 Å². The summed E-state index contributed by atoms with van der Waals surface area (Å²) < 4.78 is 2.19. The minimum Gasteiger partial charge on any atom is -0.338 e. The summed E-state index contributed by atoms with van der Waals surface area (Å²) in [4.78, 5) is 14.3. The Labute approximate surface area is 198 Å². The van der Waals surface area contributed by atoms with Gasteiger partial charge in [-0.05, 0) is 56.3 Å². The molecule has 6 rings (SSSR count). The molecule has 0 saturated heterocycles. The van der Waals surface area contributed by atoms with E-state index in [-0.39, 0.29) is 0 Å². The molecule has 0 radical (unpaired) electrons. The van der Waals surface area contributed by atoms with Gasteiger partial charge in [0.05, 0.1) is 17.4 Å². The Bertz CT molecular complexity index is 1430. The first-order valence-electron chi connectivity index (χ1n) is 12.0. The van der Waals surface area contributed by atoms with Crippen molar-refractivity contribution >= 4 is 27.9 Å². The fourth-order valence-electron chi connectivity index (χ4n) is 5.10. The molecule has 6 heteroatoms. The Morgan fingerprint density at radius 1 is 0.941 bits per heavy atom. The number of hydrogen-bond donors (Lipinski definition) is 2. The molecule has 170 valence electrons. The maximum atomic E-state index is 5.88. The van der Waals surface area contributed by atoms with E-state index in [1.807, 2.05) is 36.8 Å². The number of nitrogens with zero attached hydrogens (tertiary/aromatic N) is 4. The SMILES string of the molecule is NC[C@H]1CC[C@H](c2ncc3c(Nc4ccc5ccc(-c6ccccc6)nc5c4)nccn32)CC1. The molecule has 0 spiro atoms. The standard InChI is InChI=1S/C28H28N6/c29-17-19-6-8-22(9-7-19)28-31-18-26-27(30-14-15-34(26)28)32-23-12-10-21-11-13-24(33-25(21)16-23)20-4-2-1-3-5-20/h1-5,10-16,18-19,22H,6-9,17,29H2,(H,30,32)/t19-,22-. The molecule has 2 aromatic carbocycles. The predicted octanol–water partition coefficient (Wildman–Crippen LogP) is 5.92. The Hall–Kier alpha value is -3.77. The molecule has 0 aliphatic heterocycles. The number of fused-ring (bicyclic) bond motifs is 2. The first-order valence-corrected chi connectivity index (χ1v) is 12.0. The van der Waals surface area contributed by atoms with E-state index < -0.39 is 0 Å². The molecule has 1 saturated carbocycles. The van der Waals surface area contributed by atoms with Crippen molar-refractivity contribution in [2.24, 2.45) is 11.7 Å². The normalized spacial score (nSPS) is 18.4. The molecule has 0 bridgehead atoms. The molecule has 6 nitrogen and oxygen atoms in total. The summed E-state index contributed by atoms with van der Waals surface area (Å²) in [5, 5.41) is 4.61. The summed E-state index contributed by atoms with van der Waals surface area (Å²) in [6.07, 6.45) is 10.5. The Kier molecular flexibility index (Phi) is 5.43. The maximum Gasteiger partial charge on any atom is 0.156 e. The number of nitrogens with one attached hydrogen (secondary N) is 1. The number of nitrogens with two attached hydrogens (primary N) is 1. The average molecular weight is 449 g/mol. The second kappa shape index (κ2) is 8.88. The summed E-state index contributed by atoms with van der Waals surface area (Å²) >= 11 is 0. The fourth-order valence-corrected chi connectivity index (χ4v) is 5.10. The van der Waals surface area contributed by atoms with Gasteiger partial charge < -0.3 is 11.1 Å². The molecule has 5 aromatic rings. The number of pyridine rings is 1. The predicted molar refractivity (Wildman–Crippen MR) is 137 cm³/mol. The second-order valence-electron chi connectivity index (χ2n) is 9.20. The van der Waals surface area contributed by atoms with Crippen molar-refractivity contribution in [1.29, 1.82) is 0 Å². The summed E-state index contributed by atoms with van der Waals surface area (Å²) in [5.41, 5.74) is 10.9. The van der Waals surface area contributed by atoms with E-state index in [0.29, 0.717) is 11.8 Å².